The standard InChI is InChI=1S/C45H28N4O/c1-4-14-29(15-5-1)43-46-44(30-16-6-2-7-17-30)48-45(47-43)37-24-13-23-36-35-22-12-21-33(41(35)50-42(36)37)31-26-27-40-38(28-31)34-20-10-11-25-39(34)49(40)32-18-8-3-9-19-32/h1-28H/i1D,4D,5D,14D,15D. The van der Waals surface area contributed by atoms with Crippen LogP contribution in [0, 0.1) is 0 Å². The summed E-state index contributed by atoms with van der Waals surface area (Å²) in [6.45, 7) is 0. The number of para-hydroxylation sites is 4. The van der Waals surface area contributed by atoms with Crippen molar-refractivity contribution >= 4 is 43.7 Å². The Kier molecular flexibility index (Phi) is 5.35. The molecule has 0 fully saturated rings. The zero-order valence-corrected chi connectivity index (χ0v) is 26.5. The van der Waals surface area contributed by atoms with E-state index in [1.165, 1.54) is 0 Å². The number of aromatic nitrogens is 4. The lowest BCUT2D eigenvalue weighted by Gasteiger charge is -2.08. The van der Waals surface area contributed by atoms with Crippen LogP contribution in [-0.2, 0) is 0 Å². The van der Waals surface area contributed by atoms with E-state index in [2.05, 4.69) is 82.3 Å². The third kappa shape index (κ3) is 4.52. The maximum absolute atomic E-state index is 8.68. The molecule has 0 aliphatic carbocycles. The normalized spacial score (nSPS) is 13.0. The highest BCUT2D eigenvalue weighted by Gasteiger charge is 2.20. The molecule has 5 nitrogen and oxygen atoms in total. The van der Waals surface area contributed by atoms with E-state index in [1.54, 1.807) is 0 Å². The zero-order chi connectivity index (χ0) is 37.4. The second-order valence-electron chi connectivity index (χ2n) is 12.1. The van der Waals surface area contributed by atoms with Crippen molar-refractivity contribution in [2.75, 3.05) is 0 Å². The largest absolute Gasteiger partial charge is 0.455 e. The van der Waals surface area contributed by atoms with Crippen molar-refractivity contribution in [1.82, 2.24) is 19.5 Å². The second-order valence-corrected chi connectivity index (χ2v) is 12.1. The molecule has 3 aromatic heterocycles. The second kappa shape index (κ2) is 11.4. The monoisotopic (exact) mass is 645 g/mol. The SMILES string of the molecule is [2H]c1c([2H])c([2H])c(-c2nc(-c3ccccc3)nc(-c3cccc4c3oc3c(-c5ccc6c(c5)c5ccccc5n6-c5ccccc5)cccc34)n2)c([2H])c1[2H]. The maximum Gasteiger partial charge on any atom is 0.167 e. The maximum atomic E-state index is 8.68. The van der Waals surface area contributed by atoms with Crippen LogP contribution < -0.4 is 0 Å². The van der Waals surface area contributed by atoms with Gasteiger partial charge in [0.2, 0.25) is 0 Å². The minimum absolute atomic E-state index is 0.0300. The Hall–Kier alpha value is -6.85. The van der Waals surface area contributed by atoms with E-state index in [0.717, 1.165) is 49.4 Å². The van der Waals surface area contributed by atoms with Crippen molar-refractivity contribution in [3.63, 3.8) is 0 Å². The summed E-state index contributed by atoms with van der Waals surface area (Å²) in [7, 11) is 0. The molecule has 0 aliphatic rings. The van der Waals surface area contributed by atoms with E-state index in [9.17, 15) is 0 Å². The predicted octanol–water partition coefficient (Wildman–Crippen LogP) is 11.5. The fraction of sp³-hybridized carbons (Fsp3) is 0. The Morgan fingerprint density at radius 2 is 1.04 bits per heavy atom. The fourth-order valence-electron chi connectivity index (χ4n) is 6.91. The smallest absolute Gasteiger partial charge is 0.167 e. The Balaban J connectivity index is 1.18. The molecule has 3 heterocycles. The summed E-state index contributed by atoms with van der Waals surface area (Å²) in [5.41, 5.74) is 7.69. The first-order valence-electron chi connectivity index (χ1n) is 18.8. The number of fused-ring (bicyclic) bond motifs is 6. The zero-order valence-electron chi connectivity index (χ0n) is 31.5. The molecule has 5 heteroatoms. The number of hydrogen-bond acceptors (Lipinski definition) is 4. The van der Waals surface area contributed by atoms with Gasteiger partial charge in [-0.25, -0.2) is 15.0 Å². The van der Waals surface area contributed by atoms with Crippen LogP contribution in [0.25, 0.3) is 94.7 Å². The van der Waals surface area contributed by atoms with Gasteiger partial charge in [-0.1, -0.05) is 133 Å². The minimum atomic E-state index is -0.486. The van der Waals surface area contributed by atoms with E-state index in [4.69, 9.17) is 21.2 Å². The van der Waals surface area contributed by atoms with Crippen LogP contribution in [0.2, 0.25) is 0 Å². The molecule has 0 saturated heterocycles. The molecule has 50 heavy (non-hydrogen) atoms. The van der Waals surface area contributed by atoms with Crippen LogP contribution in [0.3, 0.4) is 0 Å². The van der Waals surface area contributed by atoms with Gasteiger partial charge in [-0.05, 0) is 42.0 Å². The van der Waals surface area contributed by atoms with Gasteiger partial charge in [0.15, 0.2) is 17.5 Å². The molecule has 0 spiro atoms. The quantitative estimate of drug-likeness (QED) is 0.187. The van der Waals surface area contributed by atoms with E-state index >= 15 is 0 Å². The molecular weight excluding hydrogens is 613 g/mol. The van der Waals surface area contributed by atoms with Crippen LogP contribution in [0.15, 0.2) is 174 Å². The summed E-state index contributed by atoms with van der Waals surface area (Å²) in [5.74, 6) is 0.513. The number of nitrogens with zero attached hydrogens (tertiary/aromatic N) is 4. The van der Waals surface area contributed by atoms with Crippen molar-refractivity contribution in [2.24, 2.45) is 0 Å². The van der Waals surface area contributed by atoms with Gasteiger partial charge in [-0.2, -0.15) is 0 Å². The van der Waals surface area contributed by atoms with E-state index in [1.807, 2.05) is 66.7 Å². The number of hydrogen-bond donors (Lipinski definition) is 0. The van der Waals surface area contributed by atoms with Gasteiger partial charge >= 0.3 is 0 Å². The Bertz CT molecular complexity index is 3130. The molecular formula is C45H28N4O. The summed E-state index contributed by atoms with van der Waals surface area (Å²) in [6, 6.07) is 44.4. The van der Waals surface area contributed by atoms with Gasteiger partial charge in [-0.15, -0.1) is 0 Å². The van der Waals surface area contributed by atoms with Gasteiger partial charge in [0.1, 0.15) is 11.2 Å². The Morgan fingerprint density at radius 3 is 1.82 bits per heavy atom. The third-order valence-electron chi connectivity index (χ3n) is 9.15. The van der Waals surface area contributed by atoms with Crippen LogP contribution in [0.1, 0.15) is 6.85 Å². The minimum Gasteiger partial charge on any atom is -0.455 e. The molecule has 10 rings (SSSR count). The third-order valence-corrected chi connectivity index (χ3v) is 9.15. The first-order chi connectivity index (χ1) is 26.9. The fourth-order valence-corrected chi connectivity index (χ4v) is 6.91. The lowest BCUT2D eigenvalue weighted by atomic mass is 10.00. The number of rotatable bonds is 5. The van der Waals surface area contributed by atoms with Crippen molar-refractivity contribution in [2.45, 2.75) is 0 Å². The Labute approximate surface area is 294 Å². The molecule has 10 aromatic rings. The lowest BCUT2D eigenvalue weighted by Crippen LogP contribution is -2.00. The summed E-state index contributed by atoms with van der Waals surface area (Å²) >= 11 is 0. The lowest BCUT2D eigenvalue weighted by molar-refractivity contribution is 0.670. The summed E-state index contributed by atoms with van der Waals surface area (Å²) in [6.07, 6.45) is 0. The van der Waals surface area contributed by atoms with Crippen LogP contribution in [-0.4, -0.2) is 19.5 Å². The predicted molar refractivity (Wildman–Crippen MR) is 203 cm³/mol. The van der Waals surface area contributed by atoms with Crippen LogP contribution in [0.5, 0.6) is 0 Å². The molecule has 0 atom stereocenters. The average Bonchev–Trinajstić information content (AvgIpc) is 3.78. The summed E-state index contributed by atoms with van der Waals surface area (Å²) in [4.78, 5) is 14.3. The first-order valence-corrected chi connectivity index (χ1v) is 16.3. The molecule has 0 radical (unpaired) electrons. The van der Waals surface area contributed by atoms with Crippen LogP contribution in [0.4, 0.5) is 0 Å². The molecule has 0 aliphatic heterocycles. The molecule has 0 N–H and O–H groups in total. The molecule has 0 unspecified atom stereocenters. The van der Waals surface area contributed by atoms with Gasteiger partial charge < -0.3 is 8.98 Å². The number of furan rings is 1. The molecule has 7 aromatic carbocycles. The Morgan fingerprint density at radius 1 is 0.440 bits per heavy atom. The highest BCUT2D eigenvalue weighted by atomic mass is 16.3. The van der Waals surface area contributed by atoms with Gasteiger partial charge in [0, 0.05) is 43.9 Å². The van der Waals surface area contributed by atoms with E-state index in [-0.39, 0.29) is 17.2 Å². The first kappa shape index (κ1) is 23.5. The topological polar surface area (TPSA) is 56.7 Å². The number of benzene rings is 7. The highest BCUT2D eigenvalue weighted by Crippen LogP contribution is 2.41. The summed E-state index contributed by atoms with van der Waals surface area (Å²) < 4.78 is 51.2. The van der Waals surface area contributed by atoms with Crippen molar-refractivity contribution < 1.29 is 11.3 Å². The van der Waals surface area contributed by atoms with Gasteiger partial charge in [-0.3, -0.25) is 0 Å². The molecule has 234 valence electrons. The molecule has 0 bridgehead atoms. The van der Waals surface area contributed by atoms with Crippen molar-refractivity contribution in [1.29, 1.82) is 0 Å². The molecule has 0 amide bonds. The summed E-state index contributed by atoms with van der Waals surface area (Å²) in [5, 5.41) is 4.07. The van der Waals surface area contributed by atoms with Crippen molar-refractivity contribution in [3.05, 3.63) is 170 Å². The van der Waals surface area contributed by atoms with Crippen LogP contribution >= 0.6 is 0 Å². The van der Waals surface area contributed by atoms with E-state index < -0.39 is 30.2 Å². The highest BCUT2D eigenvalue weighted by molar-refractivity contribution is 6.14. The average molecular weight is 646 g/mol. The molecule has 0 saturated carbocycles. The van der Waals surface area contributed by atoms with Crippen molar-refractivity contribution in [3.8, 4) is 51.0 Å². The van der Waals surface area contributed by atoms with Gasteiger partial charge in [0.05, 0.1) is 23.5 Å². The van der Waals surface area contributed by atoms with E-state index in [0.29, 0.717) is 28.1 Å². The van der Waals surface area contributed by atoms with Gasteiger partial charge in [0.25, 0.3) is 0 Å².